The van der Waals surface area contributed by atoms with Gasteiger partial charge in [0.15, 0.2) is 6.61 Å². The van der Waals surface area contributed by atoms with Crippen LogP contribution in [0.15, 0.2) is 52.2 Å². The van der Waals surface area contributed by atoms with Gasteiger partial charge in [0.25, 0.3) is 0 Å². The van der Waals surface area contributed by atoms with Crippen molar-refractivity contribution >= 4 is 17.7 Å². The fourth-order valence-corrected chi connectivity index (χ4v) is 2.65. The lowest BCUT2D eigenvalue weighted by Gasteiger charge is -2.08. The van der Waals surface area contributed by atoms with E-state index in [0.29, 0.717) is 16.7 Å². The molecule has 26 heavy (non-hydrogen) atoms. The first kappa shape index (κ1) is 17.6. The van der Waals surface area contributed by atoms with Crippen molar-refractivity contribution in [3.63, 3.8) is 0 Å². The number of aromatic nitrogens is 4. The van der Waals surface area contributed by atoms with Gasteiger partial charge >= 0.3 is 5.97 Å². The highest BCUT2D eigenvalue weighted by atomic mass is 32.2. The summed E-state index contributed by atoms with van der Waals surface area (Å²) in [7, 11) is 1.59. The zero-order valence-corrected chi connectivity index (χ0v) is 14.6. The molecule has 1 aromatic carbocycles. The molecule has 0 fully saturated rings. The maximum atomic E-state index is 11.6. The second-order valence-corrected chi connectivity index (χ2v) is 5.68. The molecule has 0 aliphatic heterocycles. The van der Waals surface area contributed by atoms with Gasteiger partial charge in [-0.2, -0.15) is 4.68 Å². The Kier molecular flexibility index (Phi) is 5.90. The van der Waals surface area contributed by atoms with Gasteiger partial charge in [0.2, 0.25) is 10.9 Å². The molecular weight excluding hydrogens is 356 g/mol. The molecule has 0 spiro atoms. The van der Waals surface area contributed by atoms with Crippen LogP contribution in [0.1, 0.15) is 10.6 Å². The predicted octanol–water partition coefficient (Wildman–Crippen LogP) is 2.22. The number of methoxy groups -OCH3 is 1. The highest BCUT2D eigenvalue weighted by Crippen LogP contribution is 2.25. The third-order valence-electron chi connectivity index (χ3n) is 3.15. The quantitative estimate of drug-likeness (QED) is 0.370. The molecule has 3 rings (SSSR count). The number of thioether (sulfide) groups is 1. The van der Waals surface area contributed by atoms with Crippen molar-refractivity contribution in [2.75, 3.05) is 19.5 Å². The van der Waals surface area contributed by atoms with E-state index in [9.17, 15) is 4.79 Å². The van der Waals surface area contributed by atoms with E-state index in [-0.39, 0.29) is 12.4 Å². The zero-order chi connectivity index (χ0) is 18.2. The summed E-state index contributed by atoms with van der Waals surface area (Å²) >= 11 is 1.36. The molecule has 0 amide bonds. The fraction of sp³-hybridized carbons (Fsp3) is 0.176. The van der Waals surface area contributed by atoms with E-state index < -0.39 is 5.97 Å². The number of carbonyl (C=O) groups excluding carboxylic acids is 1. The minimum absolute atomic E-state index is 0.0163. The molecule has 0 aliphatic rings. The lowest BCUT2D eigenvalue weighted by atomic mass is 10.3. The van der Waals surface area contributed by atoms with Crippen LogP contribution in [-0.4, -0.2) is 45.6 Å². The van der Waals surface area contributed by atoms with Gasteiger partial charge in [-0.15, -0.1) is 5.10 Å². The van der Waals surface area contributed by atoms with Crippen molar-refractivity contribution in [3.05, 3.63) is 48.4 Å². The summed E-state index contributed by atoms with van der Waals surface area (Å²) < 4.78 is 16.8. The molecule has 2 aromatic heterocycles. The van der Waals surface area contributed by atoms with E-state index in [4.69, 9.17) is 13.9 Å². The van der Waals surface area contributed by atoms with Crippen LogP contribution in [-0.2, 0) is 4.74 Å². The number of hydrogen-bond acceptors (Lipinski definition) is 8. The van der Waals surface area contributed by atoms with E-state index in [2.05, 4.69) is 27.4 Å². The first-order chi connectivity index (χ1) is 12.8. The van der Waals surface area contributed by atoms with Crippen LogP contribution < -0.4 is 4.74 Å². The second-order valence-electron chi connectivity index (χ2n) is 4.74. The number of carbonyl (C=O) groups is 1. The van der Waals surface area contributed by atoms with Gasteiger partial charge in [0, 0.05) is 0 Å². The van der Waals surface area contributed by atoms with E-state index >= 15 is 0 Å². The SMILES string of the molecule is COc1ccccc1-n1nnnc1SCC#CCOC(=O)c1ccco1. The first-order valence-electron chi connectivity index (χ1n) is 7.50. The molecule has 8 nitrogen and oxygen atoms in total. The molecule has 0 unspecified atom stereocenters. The third-order valence-corrected chi connectivity index (χ3v) is 3.95. The number of rotatable bonds is 6. The van der Waals surface area contributed by atoms with Crippen molar-refractivity contribution in [2.45, 2.75) is 5.16 Å². The lowest BCUT2D eigenvalue weighted by molar-refractivity contribution is 0.0520. The van der Waals surface area contributed by atoms with Crippen LogP contribution >= 0.6 is 11.8 Å². The fourth-order valence-electron chi connectivity index (χ4n) is 2.00. The molecule has 0 saturated carbocycles. The number of nitrogens with zero attached hydrogens (tertiary/aromatic N) is 4. The van der Waals surface area contributed by atoms with Crippen LogP contribution in [0.3, 0.4) is 0 Å². The van der Waals surface area contributed by atoms with Crippen molar-refractivity contribution in [2.24, 2.45) is 0 Å². The van der Waals surface area contributed by atoms with Gasteiger partial charge in [-0.05, 0) is 34.7 Å². The molecule has 2 heterocycles. The Labute approximate surface area is 153 Å². The molecule has 0 bridgehead atoms. The van der Waals surface area contributed by atoms with Gasteiger partial charge in [0.1, 0.15) is 11.4 Å². The Bertz CT molecular complexity index is 928. The van der Waals surface area contributed by atoms with Crippen LogP contribution in [0, 0.1) is 11.8 Å². The molecule has 3 aromatic rings. The average Bonchev–Trinajstić information content (AvgIpc) is 3.36. The van der Waals surface area contributed by atoms with Gasteiger partial charge < -0.3 is 13.9 Å². The monoisotopic (exact) mass is 370 g/mol. The minimum atomic E-state index is -0.544. The highest BCUT2D eigenvalue weighted by molar-refractivity contribution is 7.99. The number of hydrogen-bond donors (Lipinski definition) is 0. The Morgan fingerprint density at radius 1 is 1.27 bits per heavy atom. The van der Waals surface area contributed by atoms with E-state index in [1.54, 1.807) is 17.9 Å². The normalized spacial score (nSPS) is 10.0. The Hall–Kier alpha value is -3.25. The highest BCUT2D eigenvalue weighted by Gasteiger charge is 2.12. The summed E-state index contributed by atoms with van der Waals surface area (Å²) in [6.45, 7) is -0.0163. The predicted molar refractivity (Wildman–Crippen MR) is 93.2 cm³/mol. The van der Waals surface area contributed by atoms with Crippen molar-refractivity contribution < 1.29 is 18.7 Å². The van der Waals surface area contributed by atoms with E-state index in [1.165, 1.54) is 24.1 Å². The third kappa shape index (κ3) is 4.23. The van der Waals surface area contributed by atoms with Gasteiger partial charge in [-0.3, -0.25) is 0 Å². The van der Waals surface area contributed by atoms with E-state index in [0.717, 1.165) is 5.69 Å². The summed E-state index contributed by atoms with van der Waals surface area (Å²) in [5, 5.41) is 12.3. The molecule has 0 N–H and O–H groups in total. The Morgan fingerprint density at radius 3 is 2.96 bits per heavy atom. The molecule has 0 atom stereocenters. The summed E-state index contributed by atoms with van der Waals surface area (Å²) in [6, 6.07) is 10.6. The van der Waals surface area contributed by atoms with Crippen LogP contribution in [0.4, 0.5) is 0 Å². The largest absolute Gasteiger partial charge is 0.494 e. The minimum Gasteiger partial charge on any atom is -0.494 e. The van der Waals surface area contributed by atoms with Crippen LogP contribution in [0.25, 0.3) is 5.69 Å². The summed E-state index contributed by atoms with van der Waals surface area (Å²) in [6.07, 6.45) is 1.41. The number of para-hydroxylation sites is 2. The van der Waals surface area contributed by atoms with Crippen molar-refractivity contribution in [1.29, 1.82) is 0 Å². The van der Waals surface area contributed by atoms with Crippen molar-refractivity contribution in [3.8, 4) is 23.3 Å². The van der Waals surface area contributed by atoms with Crippen molar-refractivity contribution in [1.82, 2.24) is 20.2 Å². The zero-order valence-electron chi connectivity index (χ0n) is 13.8. The Morgan fingerprint density at radius 2 is 2.15 bits per heavy atom. The maximum absolute atomic E-state index is 11.6. The van der Waals surface area contributed by atoms with Crippen LogP contribution in [0.5, 0.6) is 5.75 Å². The molecule has 0 saturated heterocycles. The summed E-state index contributed by atoms with van der Waals surface area (Å²) in [5.41, 5.74) is 0.739. The molecule has 132 valence electrons. The van der Waals surface area contributed by atoms with Gasteiger partial charge in [0.05, 0.1) is 19.1 Å². The Balaban J connectivity index is 1.54. The average molecular weight is 370 g/mol. The van der Waals surface area contributed by atoms with Crippen LogP contribution in [0.2, 0.25) is 0 Å². The smallest absolute Gasteiger partial charge is 0.375 e. The van der Waals surface area contributed by atoms with Gasteiger partial charge in [-0.1, -0.05) is 35.7 Å². The van der Waals surface area contributed by atoms with E-state index in [1.807, 2.05) is 24.3 Å². The molecular formula is C17H14N4O4S. The molecule has 9 heteroatoms. The first-order valence-corrected chi connectivity index (χ1v) is 8.49. The topological polar surface area (TPSA) is 92.3 Å². The number of tetrazole rings is 1. The number of ether oxygens (including phenoxy) is 2. The summed E-state index contributed by atoms with van der Waals surface area (Å²) in [5.74, 6) is 6.37. The number of furan rings is 1. The number of benzene rings is 1. The summed E-state index contributed by atoms with van der Waals surface area (Å²) in [4.78, 5) is 11.6. The second kappa shape index (κ2) is 8.73. The molecule has 0 aliphatic carbocycles. The standard InChI is InChI=1S/C17H14N4O4S/c1-23-14-8-3-2-7-13(14)21-17(18-19-20-21)26-12-5-4-10-25-16(22)15-9-6-11-24-15/h2-3,6-9,11H,10,12H2,1H3. The maximum Gasteiger partial charge on any atom is 0.375 e. The van der Waals surface area contributed by atoms with Gasteiger partial charge in [-0.25, -0.2) is 4.79 Å². The number of esters is 1. The lowest BCUT2D eigenvalue weighted by Crippen LogP contribution is -2.03. The molecule has 0 radical (unpaired) electrons.